The maximum Gasteiger partial charge on any atom is 0.0761 e. The number of H-pyrrole nitrogens is 1. The Morgan fingerprint density at radius 3 is 3.18 bits per heavy atom. The zero-order chi connectivity index (χ0) is 7.84. The fourth-order valence-electron chi connectivity index (χ4n) is 0.993. The molecule has 0 spiro atoms. The summed E-state index contributed by atoms with van der Waals surface area (Å²) in [5.41, 5.74) is 6.80. The van der Waals surface area contributed by atoms with Crippen molar-refractivity contribution in [3.63, 3.8) is 0 Å². The van der Waals surface area contributed by atoms with E-state index in [0.717, 1.165) is 5.52 Å². The van der Waals surface area contributed by atoms with Crippen molar-refractivity contribution in [1.82, 2.24) is 10.2 Å². The quantitative estimate of drug-likeness (QED) is 0.678. The fraction of sp³-hybridized carbons (Fsp3) is 0.286. The first kappa shape index (κ1) is 6.82. The topological polar surface area (TPSA) is 54.7 Å². The summed E-state index contributed by atoms with van der Waals surface area (Å²) in [5.74, 6) is 0. The lowest BCUT2D eigenvalue weighted by Gasteiger charge is -1.96. The Labute approximate surface area is 68.2 Å². The van der Waals surface area contributed by atoms with Crippen molar-refractivity contribution in [3.8, 4) is 0 Å². The van der Waals surface area contributed by atoms with Gasteiger partial charge in [-0.2, -0.15) is 5.10 Å². The molecule has 0 aliphatic carbocycles. The number of nitrogens with zero attached hydrogens (tertiary/aromatic N) is 1. The Kier molecular flexibility index (Phi) is 1.44. The Bertz CT molecular complexity index is 332. The number of hydrogen-bond acceptors (Lipinski definition) is 3. The minimum Gasteiger partial charge on any atom is -0.324 e. The summed E-state index contributed by atoms with van der Waals surface area (Å²) in [4.78, 5) is 1.20. The van der Waals surface area contributed by atoms with Crippen LogP contribution in [0.1, 0.15) is 17.8 Å². The van der Waals surface area contributed by atoms with E-state index in [1.54, 1.807) is 11.3 Å². The molecule has 2 aromatic heterocycles. The molecule has 1 atom stereocenters. The zero-order valence-electron chi connectivity index (χ0n) is 6.16. The fourth-order valence-corrected chi connectivity index (χ4v) is 1.93. The van der Waals surface area contributed by atoms with Gasteiger partial charge >= 0.3 is 0 Å². The van der Waals surface area contributed by atoms with Gasteiger partial charge in [0.15, 0.2) is 0 Å². The smallest absolute Gasteiger partial charge is 0.0761 e. The van der Waals surface area contributed by atoms with Crippen LogP contribution in [-0.2, 0) is 0 Å². The van der Waals surface area contributed by atoms with Crippen LogP contribution in [0.15, 0.2) is 12.3 Å². The van der Waals surface area contributed by atoms with Crippen LogP contribution in [0, 0.1) is 0 Å². The Morgan fingerprint density at radius 2 is 2.55 bits per heavy atom. The second-order valence-electron chi connectivity index (χ2n) is 2.59. The molecule has 3 nitrogen and oxygen atoms in total. The zero-order valence-corrected chi connectivity index (χ0v) is 6.98. The van der Waals surface area contributed by atoms with E-state index >= 15 is 0 Å². The number of nitrogens with two attached hydrogens (primary N) is 1. The third-order valence-corrected chi connectivity index (χ3v) is 2.87. The van der Waals surface area contributed by atoms with E-state index in [-0.39, 0.29) is 6.04 Å². The van der Waals surface area contributed by atoms with Crippen LogP contribution >= 0.6 is 11.3 Å². The number of aromatic amines is 1. The number of nitrogens with one attached hydrogen (secondary N) is 1. The molecule has 0 unspecified atom stereocenters. The maximum absolute atomic E-state index is 5.71. The number of hydrogen-bond donors (Lipinski definition) is 2. The number of thiophene rings is 1. The van der Waals surface area contributed by atoms with Crippen LogP contribution < -0.4 is 5.73 Å². The van der Waals surface area contributed by atoms with Gasteiger partial charge in [0.05, 0.1) is 16.4 Å². The molecule has 0 fully saturated rings. The van der Waals surface area contributed by atoms with Crippen molar-refractivity contribution >= 4 is 21.6 Å². The van der Waals surface area contributed by atoms with Crippen molar-refractivity contribution < 1.29 is 0 Å². The first-order valence-corrected chi connectivity index (χ1v) is 4.27. The molecule has 3 N–H and O–H groups in total. The van der Waals surface area contributed by atoms with Crippen LogP contribution in [0.3, 0.4) is 0 Å². The monoisotopic (exact) mass is 167 g/mol. The van der Waals surface area contributed by atoms with Gasteiger partial charge in [-0.05, 0) is 13.0 Å². The highest BCUT2D eigenvalue weighted by Crippen LogP contribution is 2.26. The van der Waals surface area contributed by atoms with Gasteiger partial charge in [-0.25, -0.2) is 0 Å². The van der Waals surface area contributed by atoms with Gasteiger partial charge in [0.2, 0.25) is 0 Å². The van der Waals surface area contributed by atoms with E-state index in [2.05, 4.69) is 16.3 Å². The molecule has 0 aliphatic heterocycles. The second-order valence-corrected chi connectivity index (χ2v) is 3.70. The summed E-state index contributed by atoms with van der Waals surface area (Å²) in [6.45, 7) is 1.98. The van der Waals surface area contributed by atoms with E-state index in [9.17, 15) is 0 Å². The summed E-state index contributed by atoms with van der Waals surface area (Å²) < 4.78 is 1.18. The molecule has 2 heterocycles. The Hall–Kier alpha value is -0.870. The summed E-state index contributed by atoms with van der Waals surface area (Å²) >= 11 is 1.69. The van der Waals surface area contributed by atoms with Gasteiger partial charge in [-0.1, -0.05) is 0 Å². The number of fused-ring (bicyclic) bond motifs is 1. The van der Waals surface area contributed by atoms with Crippen molar-refractivity contribution in [2.75, 3.05) is 0 Å². The molecule has 2 rings (SSSR count). The second kappa shape index (κ2) is 2.32. The molecule has 0 saturated heterocycles. The molecule has 0 aromatic carbocycles. The van der Waals surface area contributed by atoms with Crippen LogP contribution in [0.25, 0.3) is 10.2 Å². The van der Waals surface area contributed by atoms with E-state index in [4.69, 9.17) is 5.73 Å². The van der Waals surface area contributed by atoms with Crippen LogP contribution in [-0.4, -0.2) is 10.2 Å². The first-order valence-electron chi connectivity index (χ1n) is 3.46. The van der Waals surface area contributed by atoms with E-state index in [1.807, 2.05) is 13.1 Å². The molecule has 11 heavy (non-hydrogen) atoms. The molecule has 0 saturated carbocycles. The Balaban J connectivity index is 2.58. The third-order valence-electron chi connectivity index (χ3n) is 1.60. The molecule has 0 amide bonds. The van der Waals surface area contributed by atoms with E-state index in [0.29, 0.717) is 0 Å². The maximum atomic E-state index is 5.71. The summed E-state index contributed by atoms with van der Waals surface area (Å²) in [7, 11) is 0. The summed E-state index contributed by atoms with van der Waals surface area (Å²) in [6, 6.07) is 2.18. The summed E-state index contributed by atoms with van der Waals surface area (Å²) in [5, 5.41) is 6.81. The van der Waals surface area contributed by atoms with Gasteiger partial charge in [0.25, 0.3) is 0 Å². The molecular weight excluding hydrogens is 158 g/mol. The van der Waals surface area contributed by atoms with Gasteiger partial charge in [0.1, 0.15) is 0 Å². The third kappa shape index (κ3) is 1.04. The van der Waals surface area contributed by atoms with Gasteiger partial charge in [-0.15, -0.1) is 11.3 Å². The molecule has 0 bridgehead atoms. The highest BCUT2D eigenvalue weighted by molar-refractivity contribution is 7.19. The lowest BCUT2D eigenvalue weighted by molar-refractivity contribution is 0.838. The SMILES string of the molecule is C[C@@H](N)c1cc2[nH]ncc2s1. The standard InChI is InChI=1S/C7H9N3S/c1-4(8)6-2-5-7(11-6)3-9-10-5/h2-4H,8H2,1H3,(H,9,10)/t4-/m1/s1. The Morgan fingerprint density at radius 1 is 1.73 bits per heavy atom. The largest absolute Gasteiger partial charge is 0.324 e. The predicted molar refractivity (Wildman–Crippen MR) is 46.6 cm³/mol. The van der Waals surface area contributed by atoms with Gasteiger partial charge in [0, 0.05) is 10.9 Å². The van der Waals surface area contributed by atoms with Crippen LogP contribution in [0.2, 0.25) is 0 Å². The van der Waals surface area contributed by atoms with Crippen molar-refractivity contribution in [1.29, 1.82) is 0 Å². The molecule has 58 valence electrons. The number of rotatable bonds is 1. The van der Waals surface area contributed by atoms with Crippen LogP contribution in [0.4, 0.5) is 0 Å². The minimum absolute atomic E-state index is 0.126. The highest BCUT2D eigenvalue weighted by atomic mass is 32.1. The average molecular weight is 167 g/mol. The van der Waals surface area contributed by atoms with E-state index < -0.39 is 0 Å². The number of aromatic nitrogens is 2. The molecule has 0 aliphatic rings. The molecular formula is C7H9N3S. The van der Waals surface area contributed by atoms with Crippen molar-refractivity contribution in [2.45, 2.75) is 13.0 Å². The normalized spacial score (nSPS) is 14.0. The highest BCUT2D eigenvalue weighted by Gasteiger charge is 2.05. The molecule has 0 radical (unpaired) electrons. The first-order chi connectivity index (χ1) is 5.27. The average Bonchev–Trinajstić information content (AvgIpc) is 2.40. The summed E-state index contributed by atoms with van der Waals surface area (Å²) in [6.07, 6.45) is 1.83. The minimum atomic E-state index is 0.126. The van der Waals surface area contributed by atoms with Gasteiger partial charge < -0.3 is 5.73 Å². The lowest BCUT2D eigenvalue weighted by atomic mass is 10.3. The molecule has 4 heteroatoms. The lowest BCUT2D eigenvalue weighted by Crippen LogP contribution is -2.01. The van der Waals surface area contributed by atoms with Crippen LogP contribution in [0.5, 0.6) is 0 Å². The van der Waals surface area contributed by atoms with Crippen molar-refractivity contribution in [2.24, 2.45) is 5.73 Å². The molecule has 2 aromatic rings. The van der Waals surface area contributed by atoms with E-state index in [1.165, 1.54) is 9.58 Å². The van der Waals surface area contributed by atoms with Crippen molar-refractivity contribution in [3.05, 3.63) is 17.1 Å². The van der Waals surface area contributed by atoms with Gasteiger partial charge in [-0.3, -0.25) is 5.10 Å². The predicted octanol–water partition coefficient (Wildman–Crippen LogP) is 1.64.